The van der Waals surface area contributed by atoms with Crippen LogP contribution in [0.15, 0.2) is 30.3 Å². The molecule has 0 saturated carbocycles. The first-order valence-electron chi connectivity index (χ1n) is 21.9. The lowest BCUT2D eigenvalue weighted by atomic mass is 9.77. The second kappa shape index (κ2) is 21.5. The molecule has 2 unspecified atom stereocenters. The fraction of sp³-hybridized carbons (Fsp3) is 0.822. The summed E-state index contributed by atoms with van der Waals surface area (Å²) in [5.74, 6) is -2.86. The van der Waals surface area contributed by atoms with E-state index in [2.05, 4.69) is 5.32 Å². The van der Waals surface area contributed by atoms with Gasteiger partial charge in [0, 0.05) is 25.5 Å². The van der Waals surface area contributed by atoms with E-state index in [1.807, 2.05) is 63.2 Å². The highest BCUT2D eigenvalue weighted by atomic mass is 16.8. The molecule has 4 rings (SSSR count). The minimum absolute atomic E-state index is 0.0138. The topological polar surface area (TPSA) is 204 Å². The van der Waals surface area contributed by atoms with Gasteiger partial charge in [-0.05, 0) is 99.9 Å². The van der Waals surface area contributed by atoms with Crippen LogP contribution >= 0.6 is 0 Å². The van der Waals surface area contributed by atoms with Gasteiger partial charge in [-0.3, -0.25) is 4.79 Å². The summed E-state index contributed by atoms with van der Waals surface area (Å²) >= 11 is 0. The Morgan fingerprint density at radius 3 is 2.20 bits per heavy atom. The summed E-state index contributed by atoms with van der Waals surface area (Å²) in [4.78, 5) is 29.7. The zero-order valence-corrected chi connectivity index (χ0v) is 38.6. The highest BCUT2D eigenvalue weighted by molar-refractivity contribution is 5.73. The number of aliphatic hydroxyl groups is 4. The van der Waals surface area contributed by atoms with Gasteiger partial charge in [-0.1, -0.05) is 51.1 Å². The lowest BCUT2D eigenvalue weighted by molar-refractivity contribution is -0.318. The predicted octanol–water partition coefficient (Wildman–Crippen LogP) is 3.92. The second-order valence-electron chi connectivity index (χ2n) is 18.8. The van der Waals surface area contributed by atoms with Crippen LogP contribution in [0.4, 0.5) is 4.79 Å². The highest BCUT2D eigenvalue weighted by Crippen LogP contribution is 2.40. The number of rotatable bonds is 10. The van der Waals surface area contributed by atoms with Gasteiger partial charge < -0.3 is 68.5 Å². The molecular weight excluding hydrogens is 792 g/mol. The van der Waals surface area contributed by atoms with Gasteiger partial charge >= 0.3 is 12.1 Å². The summed E-state index contributed by atoms with van der Waals surface area (Å²) in [6, 6.07) is 8.22. The number of benzene rings is 1. The van der Waals surface area contributed by atoms with Crippen molar-refractivity contribution in [1.82, 2.24) is 10.2 Å². The summed E-state index contributed by atoms with van der Waals surface area (Å²) in [5.41, 5.74) is -3.78. The minimum atomic E-state index is -1.84. The molecule has 0 amide bonds. The Bertz CT molecular complexity index is 1530. The van der Waals surface area contributed by atoms with Crippen molar-refractivity contribution in [3.63, 3.8) is 0 Å². The third kappa shape index (κ3) is 12.6. The largest absolute Gasteiger partial charge is 0.509 e. The van der Waals surface area contributed by atoms with E-state index in [0.29, 0.717) is 13.0 Å². The number of nitrogens with one attached hydrogen (secondary N) is 1. The minimum Gasteiger partial charge on any atom is -0.459 e. The van der Waals surface area contributed by atoms with Gasteiger partial charge in [0.15, 0.2) is 18.7 Å². The molecule has 0 bridgehead atoms. The number of ether oxygens (including phenoxy) is 8. The highest BCUT2D eigenvalue weighted by Gasteiger charge is 2.53. The monoisotopic (exact) mass is 869 g/mol. The predicted molar refractivity (Wildman–Crippen MR) is 225 cm³/mol. The average molecular weight is 869 g/mol. The van der Waals surface area contributed by atoms with Crippen LogP contribution in [-0.4, -0.2) is 155 Å². The maximum absolute atomic E-state index is 14.4. The molecule has 16 heteroatoms. The van der Waals surface area contributed by atoms with Crippen LogP contribution in [0.3, 0.4) is 0 Å². The Kier molecular flexibility index (Phi) is 18.0. The van der Waals surface area contributed by atoms with Crippen molar-refractivity contribution >= 4 is 12.1 Å². The van der Waals surface area contributed by atoms with Crippen LogP contribution < -0.4 is 5.32 Å². The first kappa shape index (κ1) is 51.2. The molecule has 3 heterocycles. The van der Waals surface area contributed by atoms with E-state index in [0.717, 1.165) is 5.56 Å². The van der Waals surface area contributed by atoms with Crippen molar-refractivity contribution in [2.24, 2.45) is 17.8 Å². The zero-order valence-electron chi connectivity index (χ0n) is 38.6. The van der Waals surface area contributed by atoms with E-state index in [1.54, 1.807) is 48.5 Å². The summed E-state index contributed by atoms with van der Waals surface area (Å²) in [6.45, 7) is 17.6. The summed E-state index contributed by atoms with van der Waals surface area (Å²) < 4.78 is 49.8. The van der Waals surface area contributed by atoms with Gasteiger partial charge in [0.25, 0.3) is 0 Å². The Balaban J connectivity index is 1.81. The van der Waals surface area contributed by atoms with Crippen molar-refractivity contribution in [3.8, 4) is 0 Å². The number of methoxy groups -OCH3 is 1. The molecule has 0 aliphatic carbocycles. The number of cyclic esters (lactones) is 1. The molecule has 1 aromatic carbocycles. The number of esters is 1. The van der Waals surface area contributed by atoms with Crippen molar-refractivity contribution in [2.75, 3.05) is 27.7 Å². The number of hydrogen-bond donors (Lipinski definition) is 5. The Labute approximate surface area is 362 Å². The molecule has 0 spiro atoms. The maximum Gasteiger partial charge on any atom is 0.509 e. The summed E-state index contributed by atoms with van der Waals surface area (Å²) in [7, 11) is 5.24. The van der Waals surface area contributed by atoms with Gasteiger partial charge in [-0.25, -0.2) is 4.79 Å². The SMILES string of the molecule is CC[C@H]1OC(=O)[C@H](C)[C@@H](O[C@H]2C[C@@](C)(OC)[C@@H](O)[C@H](C)O2)[C@H](C)[C@@H](OC2O[C@H](C)C[C@H](N(C)C)[C@H]2OC(=O)OCc2ccccc2)C(C)(O)C[C@@H](C)CN[C@H](C)[C@@H](O)[C@]1(C)O. The molecule has 350 valence electrons. The first-order chi connectivity index (χ1) is 28.4. The molecule has 18 atom stereocenters. The molecule has 3 fully saturated rings. The first-order valence-corrected chi connectivity index (χ1v) is 21.9. The van der Waals surface area contributed by atoms with E-state index in [9.17, 15) is 30.0 Å². The zero-order chi connectivity index (χ0) is 45.6. The number of hydrogen-bond acceptors (Lipinski definition) is 16. The van der Waals surface area contributed by atoms with Crippen LogP contribution in [0.1, 0.15) is 100 Å². The van der Waals surface area contributed by atoms with Gasteiger partial charge in [0.05, 0.1) is 47.6 Å². The number of nitrogens with zero attached hydrogens (tertiary/aromatic N) is 1. The lowest BCUT2D eigenvalue weighted by Gasteiger charge is -2.49. The van der Waals surface area contributed by atoms with Crippen LogP contribution in [0.2, 0.25) is 0 Å². The van der Waals surface area contributed by atoms with E-state index < -0.39 is 102 Å². The molecule has 5 N–H and O–H groups in total. The average Bonchev–Trinajstić information content (AvgIpc) is 3.20. The Morgan fingerprint density at radius 1 is 0.934 bits per heavy atom. The van der Waals surface area contributed by atoms with Crippen molar-refractivity contribution in [2.45, 2.75) is 192 Å². The number of likely N-dealkylation sites (N-methyl/N-ethyl adjacent to an activating group) is 1. The van der Waals surface area contributed by atoms with Crippen LogP contribution in [0.5, 0.6) is 0 Å². The third-order valence-corrected chi connectivity index (χ3v) is 13.1. The quantitative estimate of drug-likeness (QED) is 0.212. The molecular formula is C45H76N2O14. The van der Waals surface area contributed by atoms with Crippen molar-refractivity contribution in [1.29, 1.82) is 0 Å². The summed E-state index contributed by atoms with van der Waals surface area (Å²) in [5, 5.41) is 50.2. The molecule has 61 heavy (non-hydrogen) atoms. The number of carbonyl (C=O) groups is 2. The van der Waals surface area contributed by atoms with E-state index in [-0.39, 0.29) is 43.9 Å². The molecule has 1 aromatic rings. The van der Waals surface area contributed by atoms with Gasteiger partial charge in [0.2, 0.25) is 0 Å². The molecule has 3 aliphatic heterocycles. The van der Waals surface area contributed by atoms with E-state index in [1.165, 1.54) is 14.0 Å². The normalized spacial score (nSPS) is 43.4. The van der Waals surface area contributed by atoms with Gasteiger partial charge in [-0.15, -0.1) is 0 Å². The standard InChI is InChI=1S/C45H76N2O14/c1-14-33-45(10,53)37(48)29(6)46-23-25(2)21-43(8,52)39(27(4)35(28(5)40(50)58-33)59-34-22-44(9,54-13)38(49)30(7)57-34)61-41-36(32(47(11)12)20-26(3)56-41)60-42(51)55-24-31-18-16-15-17-19-31/h15-19,25-30,32-39,41,46,48-49,52-53H,14,20-24H2,1-13H3/t25-,26-,27+,28-,29-,30+,32+,33-,34+,35+,36-,37-,38+,39-,41?,43?,44-,45-/m1/s1. The number of carbonyl (C=O) groups excluding carboxylic acids is 2. The van der Waals surface area contributed by atoms with E-state index >= 15 is 0 Å². The van der Waals surface area contributed by atoms with E-state index in [4.69, 9.17) is 37.9 Å². The van der Waals surface area contributed by atoms with Crippen LogP contribution in [0.25, 0.3) is 0 Å². The van der Waals surface area contributed by atoms with Crippen LogP contribution in [0, 0.1) is 17.8 Å². The van der Waals surface area contributed by atoms with Crippen LogP contribution in [-0.2, 0) is 49.3 Å². The molecule has 3 saturated heterocycles. The smallest absolute Gasteiger partial charge is 0.459 e. The fourth-order valence-corrected chi connectivity index (χ4v) is 9.33. The third-order valence-electron chi connectivity index (χ3n) is 13.1. The fourth-order valence-electron chi connectivity index (χ4n) is 9.33. The van der Waals surface area contributed by atoms with Crippen molar-refractivity contribution in [3.05, 3.63) is 35.9 Å². The van der Waals surface area contributed by atoms with Gasteiger partial charge in [0.1, 0.15) is 30.5 Å². The lowest BCUT2D eigenvalue weighted by Crippen LogP contribution is -2.61. The molecule has 16 nitrogen and oxygen atoms in total. The second-order valence-corrected chi connectivity index (χ2v) is 18.8. The summed E-state index contributed by atoms with van der Waals surface area (Å²) in [6.07, 6.45) is -9.94. The van der Waals surface area contributed by atoms with Crippen molar-refractivity contribution < 1.29 is 67.9 Å². The molecule has 3 aliphatic rings. The maximum atomic E-state index is 14.4. The molecule has 0 aromatic heterocycles. The molecule has 0 radical (unpaired) electrons. The number of aliphatic hydroxyl groups excluding tert-OH is 2. The Hall–Kier alpha value is -2.48. The van der Waals surface area contributed by atoms with Gasteiger partial charge in [-0.2, -0.15) is 0 Å². The Morgan fingerprint density at radius 2 is 1.59 bits per heavy atom.